The fourth-order valence-corrected chi connectivity index (χ4v) is 12.2. The van der Waals surface area contributed by atoms with Crippen LogP contribution in [0.1, 0.15) is 64.5 Å². The molecule has 0 fully saturated rings. The Morgan fingerprint density at radius 3 is 1.68 bits per heavy atom. The van der Waals surface area contributed by atoms with E-state index in [0.717, 1.165) is 29.2 Å². The maximum Gasteiger partial charge on any atom is 1.00 e. The number of rotatable bonds is 16. The van der Waals surface area contributed by atoms with Gasteiger partial charge in [-0.05, 0) is 90.9 Å². The number of allylic oxidation sites excluding steroid dienone is 6. The van der Waals surface area contributed by atoms with Crippen LogP contribution in [-0.2, 0) is 65.7 Å². The first kappa shape index (κ1) is 63.5. The molecule has 4 aromatic rings. The molecule has 0 spiro atoms. The number of nitrogens with zero attached hydrogens (tertiary/aromatic N) is 3. The number of fused-ring (bicyclic) bond motifs is 6. The van der Waals surface area contributed by atoms with Gasteiger partial charge in [-0.25, -0.2) is 33.7 Å². The summed E-state index contributed by atoms with van der Waals surface area (Å²) in [6, 6.07) is 9.24. The fourth-order valence-electron chi connectivity index (χ4n) is 9.52. The van der Waals surface area contributed by atoms with Gasteiger partial charge in [0, 0.05) is 78.1 Å². The predicted octanol–water partition coefficient (Wildman–Crippen LogP) is -4.98. The zero-order chi connectivity index (χ0) is 50.8. The van der Waals surface area contributed by atoms with E-state index in [1.54, 1.807) is 54.1 Å². The molecule has 72 heavy (non-hydrogen) atoms. The van der Waals surface area contributed by atoms with Crippen molar-refractivity contribution >= 4 is 96.8 Å². The molecule has 4 aromatic carbocycles. The number of benzene rings is 4. The summed E-state index contributed by atoms with van der Waals surface area (Å²) in [6.07, 6.45) is 12.7. The van der Waals surface area contributed by atoms with Gasteiger partial charge in [-0.15, -0.1) is 0 Å². The Balaban J connectivity index is 0.00000375. The molecule has 3 amide bonds. The van der Waals surface area contributed by atoms with Crippen molar-refractivity contribution < 1.29 is 225 Å². The van der Waals surface area contributed by atoms with Gasteiger partial charge in [-0.3, -0.25) is 19.3 Å². The minimum Gasteiger partial charge on any atom is -0.744 e. The normalized spacial score (nSPS) is 17.0. The van der Waals surface area contributed by atoms with Crippen LogP contribution in [0.5, 0.6) is 0 Å². The summed E-state index contributed by atoms with van der Waals surface area (Å²) in [5.74, 6) is -1.18. The number of carbonyl (C=O) groups is 3. The Morgan fingerprint density at radius 2 is 1.15 bits per heavy atom. The van der Waals surface area contributed by atoms with Crippen LogP contribution in [0.2, 0.25) is 0 Å². The number of unbranched alkanes of at least 4 members (excludes halogenated alkanes) is 2. The van der Waals surface area contributed by atoms with Crippen LogP contribution < -0.4 is 164 Å². The largest absolute Gasteiger partial charge is 1.00 e. The van der Waals surface area contributed by atoms with E-state index in [1.807, 2.05) is 32.6 Å². The van der Waals surface area contributed by atoms with E-state index in [4.69, 9.17) is 0 Å². The monoisotopic (exact) mass is 1140 g/mol. The number of amides is 3. The SMILES string of the molecule is C[N+]1=C(C=CC=CC=C2N(CCCCCC(=O)NCCN3C(=O)C=CC3=O)c3ccc4c(S(=O)(=O)[O-])cc(S(=O)(=O)[O-])cc4c3C2(C)C)C(C)(C)c2c1ccc1c(S(=O)(=O)[O-])cc(S(=O)(=O)[O-])cc21.[K+].[K+].[K+]. The standard InChI is InChI=1S/C46H48N4O15S4.3K/c1-45(2)38(48(5)34-17-15-30-32(43(34)45)24-28(66(54,55)56)26-36(30)68(60,61)62)12-8-6-9-13-39-46(3,4)44-33-25-29(67(57,58)59)27-37(69(63,64)65)31(33)16-18-35(44)49(39)22-11-7-10-14-40(51)47-21-23-50-41(52)19-20-42(50)53;;;/h6,8-9,12-13,15-20,24-27H,7,10-11,14,21-23H2,1-5H3,(H4-,47,51,54,55,56,57,58,59,60,61,62,63,64,65);;;/q;3*+1/p-3. The number of hydrogen-bond acceptors (Lipinski definition) is 16. The third-order valence-corrected chi connectivity index (χ3v) is 16.0. The molecule has 0 unspecified atom stereocenters. The van der Waals surface area contributed by atoms with Crippen molar-refractivity contribution in [1.29, 1.82) is 0 Å². The summed E-state index contributed by atoms with van der Waals surface area (Å²) in [6.45, 7) is 7.71. The van der Waals surface area contributed by atoms with E-state index >= 15 is 0 Å². The Labute approximate surface area is 546 Å². The van der Waals surface area contributed by atoms with Crippen LogP contribution >= 0.6 is 0 Å². The van der Waals surface area contributed by atoms with Crippen molar-refractivity contribution in [3.63, 3.8) is 0 Å². The van der Waals surface area contributed by atoms with Gasteiger partial charge in [-0.1, -0.05) is 44.6 Å². The van der Waals surface area contributed by atoms with Gasteiger partial charge in [0.1, 0.15) is 47.5 Å². The van der Waals surface area contributed by atoms with E-state index in [0.29, 0.717) is 71.9 Å². The number of carbonyl (C=O) groups excluding carboxylic acids is 3. The fraction of sp³-hybridized carbons (Fsp3) is 0.304. The van der Waals surface area contributed by atoms with Gasteiger partial charge in [0.25, 0.3) is 11.8 Å². The Morgan fingerprint density at radius 1 is 0.625 bits per heavy atom. The molecule has 366 valence electrons. The second-order valence-corrected chi connectivity index (χ2v) is 23.2. The zero-order valence-corrected chi connectivity index (χ0v) is 53.3. The smallest absolute Gasteiger partial charge is 0.744 e. The van der Waals surface area contributed by atoms with Gasteiger partial charge < -0.3 is 28.4 Å². The molecule has 0 saturated carbocycles. The predicted molar refractivity (Wildman–Crippen MR) is 248 cm³/mol. The first-order chi connectivity index (χ1) is 32.0. The molecule has 0 aliphatic carbocycles. The Bertz CT molecular complexity index is 3540. The molecule has 0 atom stereocenters. The van der Waals surface area contributed by atoms with Crippen molar-refractivity contribution in [2.75, 3.05) is 31.6 Å². The number of hydrogen-bond donors (Lipinski definition) is 1. The van der Waals surface area contributed by atoms with E-state index in [1.165, 1.54) is 12.1 Å². The van der Waals surface area contributed by atoms with E-state index in [-0.39, 0.29) is 201 Å². The summed E-state index contributed by atoms with van der Waals surface area (Å²) in [7, 11) is -19.1. The van der Waals surface area contributed by atoms with Gasteiger partial charge >= 0.3 is 154 Å². The molecule has 0 radical (unpaired) electrons. The van der Waals surface area contributed by atoms with Crippen LogP contribution in [0, 0.1) is 0 Å². The van der Waals surface area contributed by atoms with Crippen molar-refractivity contribution in [1.82, 2.24) is 10.2 Å². The molecular weight excluding hydrogens is 1090 g/mol. The molecule has 3 aliphatic rings. The van der Waals surface area contributed by atoms with E-state index < -0.39 is 82.7 Å². The minimum atomic E-state index is -5.27. The van der Waals surface area contributed by atoms with Gasteiger partial charge in [0.15, 0.2) is 5.71 Å². The van der Waals surface area contributed by atoms with E-state index in [2.05, 4.69) is 5.32 Å². The van der Waals surface area contributed by atoms with E-state index in [9.17, 15) is 66.3 Å². The molecule has 0 saturated heterocycles. The average Bonchev–Trinajstić information content (AvgIpc) is 3.75. The van der Waals surface area contributed by atoms with Crippen molar-refractivity contribution in [3.05, 3.63) is 108 Å². The topological polar surface area (TPSA) is 302 Å². The molecule has 0 aromatic heterocycles. The van der Waals surface area contributed by atoms with Gasteiger partial charge in [0.05, 0.1) is 25.0 Å². The Kier molecular flexibility index (Phi) is 21.1. The number of anilines is 1. The molecule has 3 heterocycles. The van der Waals surface area contributed by atoms with Crippen LogP contribution in [0.15, 0.2) is 116 Å². The van der Waals surface area contributed by atoms with Crippen LogP contribution in [0.25, 0.3) is 21.5 Å². The molecule has 19 nitrogen and oxygen atoms in total. The molecule has 1 N–H and O–H groups in total. The third-order valence-electron chi connectivity index (χ3n) is 12.6. The van der Waals surface area contributed by atoms with Crippen LogP contribution in [0.4, 0.5) is 11.4 Å². The summed E-state index contributed by atoms with van der Waals surface area (Å²) in [4.78, 5) is 35.7. The van der Waals surface area contributed by atoms with Crippen molar-refractivity contribution in [3.8, 4) is 0 Å². The summed E-state index contributed by atoms with van der Waals surface area (Å²) in [5.41, 5.74) is 1.42. The third kappa shape index (κ3) is 13.1. The summed E-state index contributed by atoms with van der Waals surface area (Å²) in [5, 5.41) is 2.75. The average molecular weight is 1140 g/mol. The number of nitrogens with one attached hydrogen (secondary N) is 1. The van der Waals surface area contributed by atoms with Gasteiger partial charge in [-0.2, -0.15) is 4.58 Å². The number of imide groups is 1. The second-order valence-electron chi connectivity index (χ2n) is 17.7. The van der Waals surface area contributed by atoms with Crippen molar-refractivity contribution in [2.45, 2.75) is 83.8 Å². The summed E-state index contributed by atoms with van der Waals surface area (Å²) < 4.78 is 149. The van der Waals surface area contributed by atoms with Crippen molar-refractivity contribution in [2.24, 2.45) is 0 Å². The molecule has 3 aliphatic heterocycles. The maximum absolute atomic E-state index is 12.6. The molecular formula is C46H45K3N4O15S4. The first-order valence-corrected chi connectivity index (χ1v) is 26.9. The summed E-state index contributed by atoms with van der Waals surface area (Å²) >= 11 is 0. The molecule has 7 rings (SSSR count). The van der Waals surface area contributed by atoms with Crippen LogP contribution in [0.3, 0.4) is 0 Å². The molecule has 0 bridgehead atoms. The quantitative estimate of drug-likeness (QED) is 0.0274. The Hall–Kier alpha value is -1.01. The zero-order valence-electron chi connectivity index (χ0n) is 40.7. The maximum atomic E-state index is 12.6. The molecule has 26 heteroatoms. The van der Waals surface area contributed by atoms with Crippen LogP contribution in [-0.4, -0.2) is 111 Å². The minimum absolute atomic E-state index is 0. The first-order valence-electron chi connectivity index (χ1n) is 21.3. The second kappa shape index (κ2) is 23.9. The van der Waals surface area contributed by atoms with Gasteiger partial charge in [0.2, 0.25) is 11.6 Å².